The van der Waals surface area contributed by atoms with Crippen LogP contribution in [0.3, 0.4) is 0 Å². The zero-order chi connectivity index (χ0) is 23.5. The van der Waals surface area contributed by atoms with E-state index in [1.807, 2.05) is 0 Å². The van der Waals surface area contributed by atoms with Crippen LogP contribution >= 0.6 is 0 Å². The van der Waals surface area contributed by atoms with Crippen LogP contribution in [0.2, 0.25) is 0 Å². The Kier molecular flexibility index (Phi) is 5.99. The summed E-state index contributed by atoms with van der Waals surface area (Å²) in [5, 5.41) is 11.3. The molecule has 1 saturated heterocycles. The van der Waals surface area contributed by atoms with E-state index >= 15 is 0 Å². The maximum Gasteiger partial charge on any atom is 0.300 e. The monoisotopic (exact) mass is 446 g/mol. The first-order chi connectivity index (χ1) is 16.0. The number of methoxy groups -OCH3 is 3. The number of ketones is 1. The average Bonchev–Trinajstić information content (AvgIpc) is 3.14. The quantitative estimate of drug-likeness (QED) is 0.350. The molecule has 0 spiro atoms. The Labute approximate surface area is 190 Å². The van der Waals surface area contributed by atoms with Gasteiger partial charge in [0.2, 0.25) is 0 Å². The Morgan fingerprint density at radius 2 is 1.67 bits per heavy atom. The number of rotatable bonds is 6. The van der Waals surface area contributed by atoms with Crippen LogP contribution in [0.25, 0.3) is 5.76 Å². The largest absolute Gasteiger partial charge is 0.507 e. The van der Waals surface area contributed by atoms with Crippen molar-refractivity contribution in [1.82, 2.24) is 4.98 Å². The zero-order valence-electron chi connectivity index (χ0n) is 18.3. The molecule has 8 heteroatoms. The number of ether oxygens (including phenoxy) is 3. The van der Waals surface area contributed by atoms with Gasteiger partial charge in [-0.3, -0.25) is 19.5 Å². The van der Waals surface area contributed by atoms with E-state index in [0.717, 1.165) is 0 Å². The van der Waals surface area contributed by atoms with Crippen molar-refractivity contribution in [2.24, 2.45) is 0 Å². The van der Waals surface area contributed by atoms with Gasteiger partial charge in [-0.05, 0) is 36.4 Å². The van der Waals surface area contributed by atoms with Gasteiger partial charge < -0.3 is 19.3 Å². The number of pyridine rings is 1. The zero-order valence-corrected chi connectivity index (χ0v) is 18.3. The molecule has 1 fully saturated rings. The van der Waals surface area contributed by atoms with Gasteiger partial charge in [0.25, 0.3) is 11.7 Å². The molecule has 1 aliphatic rings. The lowest BCUT2D eigenvalue weighted by Crippen LogP contribution is -2.29. The van der Waals surface area contributed by atoms with Crippen LogP contribution in [0, 0.1) is 0 Å². The standard InChI is InChI=1S/C25H22N2O6/c1-31-16-8-6-7-15(13-16)27-22(19-9-4-5-12-26-19)21(24(29)25(27)30)23(28)18-11-10-17(32-2)14-20(18)33-3/h4-14,22,28H,1-3H3/b23-21-. The number of benzene rings is 2. The molecule has 1 atom stereocenters. The number of amides is 1. The van der Waals surface area contributed by atoms with E-state index in [4.69, 9.17) is 14.2 Å². The van der Waals surface area contributed by atoms with Crippen LogP contribution in [-0.4, -0.2) is 43.1 Å². The highest BCUT2D eigenvalue weighted by atomic mass is 16.5. The van der Waals surface area contributed by atoms with Crippen molar-refractivity contribution in [3.05, 3.63) is 83.7 Å². The van der Waals surface area contributed by atoms with Crippen LogP contribution in [0.1, 0.15) is 17.3 Å². The van der Waals surface area contributed by atoms with E-state index in [9.17, 15) is 14.7 Å². The van der Waals surface area contributed by atoms with E-state index in [2.05, 4.69) is 4.98 Å². The summed E-state index contributed by atoms with van der Waals surface area (Å²) in [6.45, 7) is 0. The maximum atomic E-state index is 13.2. The summed E-state index contributed by atoms with van der Waals surface area (Å²) in [7, 11) is 4.46. The van der Waals surface area contributed by atoms with Gasteiger partial charge in [0.15, 0.2) is 0 Å². The Bertz CT molecular complexity index is 1240. The highest BCUT2D eigenvalue weighted by Gasteiger charge is 2.48. The highest BCUT2D eigenvalue weighted by Crippen LogP contribution is 2.43. The number of aromatic nitrogens is 1. The first-order valence-corrected chi connectivity index (χ1v) is 10.1. The second kappa shape index (κ2) is 9.04. The summed E-state index contributed by atoms with van der Waals surface area (Å²) >= 11 is 0. The Morgan fingerprint density at radius 3 is 2.33 bits per heavy atom. The fourth-order valence-electron chi connectivity index (χ4n) is 3.82. The second-order valence-electron chi connectivity index (χ2n) is 7.19. The number of anilines is 1. The molecule has 0 aliphatic carbocycles. The van der Waals surface area contributed by atoms with E-state index < -0.39 is 17.7 Å². The molecule has 1 aromatic heterocycles. The first kappa shape index (κ1) is 21.9. The topological polar surface area (TPSA) is 98.2 Å². The average molecular weight is 446 g/mol. The van der Waals surface area contributed by atoms with Gasteiger partial charge in [-0.2, -0.15) is 0 Å². The minimum Gasteiger partial charge on any atom is -0.507 e. The van der Waals surface area contributed by atoms with Gasteiger partial charge in [-0.15, -0.1) is 0 Å². The lowest BCUT2D eigenvalue weighted by molar-refractivity contribution is -0.132. The molecule has 8 nitrogen and oxygen atoms in total. The number of Topliss-reactive ketones (excluding diaryl/α,β-unsaturated/α-hetero) is 1. The third-order valence-corrected chi connectivity index (χ3v) is 5.41. The number of hydrogen-bond acceptors (Lipinski definition) is 7. The van der Waals surface area contributed by atoms with Gasteiger partial charge >= 0.3 is 0 Å². The van der Waals surface area contributed by atoms with Gasteiger partial charge in [0.05, 0.1) is 38.2 Å². The summed E-state index contributed by atoms with van der Waals surface area (Å²) in [4.78, 5) is 32.1. The molecule has 1 aliphatic heterocycles. The van der Waals surface area contributed by atoms with Gasteiger partial charge in [-0.25, -0.2) is 0 Å². The van der Waals surface area contributed by atoms with Crippen LogP contribution in [0.4, 0.5) is 5.69 Å². The number of carbonyl (C=O) groups is 2. The van der Waals surface area contributed by atoms with Crippen LogP contribution in [-0.2, 0) is 9.59 Å². The lowest BCUT2D eigenvalue weighted by Gasteiger charge is -2.25. The Hall–Kier alpha value is -4.33. The SMILES string of the molecule is COc1cccc(N2C(=O)C(=O)/C(=C(\O)c3ccc(OC)cc3OC)C2c2ccccn2)c1. The minimum absolute atomic E-state index is 0.0926. The van der Waals surface area contributed by atoms with Crippen molar-refractivity contribution in [3.63, 3.8) is 0 Å². The number of aliphatic hydroxyl groups excluding tert-OH is 1. The smallest absolute Gasteiger partial charge is 0.300 e. The predicted molar refractivity (Wildman–Crippen MR) is 122 cm³/mol. The van der Waals surface area contributed by atoms with Gasteiger partial charge in [0, 0.05) is 24.0 Å². The van der Waals surface area contributed by atoms with Crippen LogP contribution < -0.4 is 19.1 Å². The molecule has 1 N–H and O–H groups in total. The van der Waals surface area contributed by atoms with Crippen molar-refractivity contribution in [2.45, 2.75) is 6.04 Å². The first-order valence-electron chi connectivity index (χ1n) is 10.1. The third-order valence-electron chi connectivity index (χ3n) is 5.41. The molecule has 0 radical (unpaired) electrons. The van der Waals surface area contributed by atoms with Crippen molar-refractivity contribution in [3.8, 4) is 17.2 Å². The van der Waals surface area contributed by atoms with Crippen molar-refractivity contribution in [1.29, 1.82) is 0 Å². The number of carbonyl (C=O) groups excluding carboxylic acids is 2. The molecule has 3 aromatic rings. The minimum atomic E-state index is -0.954. The molecule has 33 heavy (non-hydrogen) atoms. The Balaban J connectivity index is 1.95. The van der Waals surface area contributed by atoms with Crippen LogP contribution in [0.5, 0.6) is 17.2 Å². The molecule has 4 rings (SSSR count). The van der Waals surface area contributed by atoms with E-state index in [1.165, 1.54) is 26.2 Å². The molecule has 0 bridgehead atoms. The lowest BCUT2D eigenvalue weighted by atomic mass is 9.97. The molecule has 1 amide bonds. The maximum absolute atomic E-state index is 13.2. The van der Waals surface area contributed by atoms with E-state index in [-0.39, 0.29) is 16.9 Å². The van der Waals surface area contributed by atoms with Crippen molar-refractivity contribution >= 4 is 23.1 Å². The summed E-state index contributed by atoms with van der Waals surface area (Å²) in [6, 6.07) is 15.8. The number of nitrogens with zero attached hydrogens (tertiary/aromatic N) is 2. The van der Waals surface area contributed by atoms with Crippen molar-refractivity contribution < 1.29 is 28.9 Å². The fraction of sp³-hybridized carbons (Fsp3) is 0.160. The molecule has 2 aromatic carbocycles. The number of hydrogen-bond donors (Lipinski definition) is 1. The van der Waals surface area contributed by atoms with Crippen molar-refractivity contribution in [2.75, 3.05) is 26.2 Å². The molecular formula is C25H22N2O6. The summed E-state index contributed by atoms with van der Waals surface area (Å²) in [5.74, 6) is -0.655. The molecule has 168 valence electrons. The fourth-order valence-corrected chi connectivity index (χ4v) is 3.82. The summed E-state index contributed by atoms with van der Waals surface area (Å²) < 4.78 is 15.9. The van der Waals surface area contributed by atoms with Gasteiger partial charge in [-0.1, -0.05) is 12.1 Å². The third kappa shape index (κ3) is 3.87. The highest BCUT2D eigenvalue weighted by molar-refractivity contribution is 6.51. The van der Waals surface area contributed by atoms with Gasteiger partial charge in [0.1, 0.15) is 29.0 Å². The normalized spacial score (nSPS) is 17.2. The molecular weight excluding hydrogens is 424 g/mol. The van der Waals surface area contributed by atoms with Crippen LogP contribution in [0.15, 0.2) is 72.4 Å². The predicted octanol–water partition coefficient (Wildman–Crippen LogP) is 3.73. The molecule has 2 heterocycles. The molecule has 1 unspecified atom stereocenters. The van der Waals surface area contributed by atoms with E-state index in [1.54, 1.807) is 66.9 Å². The summed E-state index contributed by atoms with van der Waals surface area (Å²) in [6.07, 6.45) is 1.56. The van der Waals surface area contributed by atoms with E-state index in [0.29, 0.717) is 28.6 Å². The Morgan fingerprint density at radius 1 is 0.909 bits per heavy atom. The molecule has 0 saturated carbocycles. The summed E-state index contributed by atoms with van der Waals surface area (Å²) in [5.41, 5.74) is 1.02. The second-order valence-corrected chi connectivity index (χ2v) is 7.19. The number of aliphatic hydroxyl groups is 1.